The van der Waals surface area contributed by atoms with Crippen molar-refractivity contribution in [3.8, 4) is 0 Å². The van der Waals surface area contributed by atoms with Crippen molar-refractivity contribution in [3.63, 3.8) is 0 Å². The average Bonchev–Trinajstić information content (AvgIpc) is 3.13. The van der Waals surface area contributed by atoms with Crippen molar-refractivity contribution < 1.29 is 24.9 Å². The van der Waals surface area contributed by atoms with Crippen molar-refractivity contribution in [1.29, 1.82) is 0 Å². The van der Waals surface area contributed by atoms with E-state index in [4.69, 9.17) is 1.37 Å². The van der Waals surface area contributed by atoms with E-state index in [2.05, 4.69) is 16.0 Å². The molecule has 1 atom stereocenters. The number of carbonyl (C=O) groups is 4. The lowest BCUT2D eigenvalue weighted by molar-refractivity contribution is -0.136. The van der Waals surface area contributed by atoms with E-state index in [0.29, 0.717) is 16.8 Å². The maximum absolute atomic E-state index is 14.7. The van der Waals surface area contributed by atoms with Gasteiger partial charge >= 0.3 is 0 Å². The smallest absolute Gasteiger partial charge is 0.255 e. The second-order valence-electron chi connectivity index (χ2n) is 7.26. The predicted octanol–water partition coefficient (Wildman–Crippen LogP) is 1.56. The zero-order chi connectivity index (χ0) is 23.0. The van der Waals surface area contributed by atoms with E-state index in [1.54, 1.807) is 30.3 Å². The van der Waals surface area contributed by atoms with E-state index in [1.165, 1.54) is 13.1 Å². The summed E-state index contributed by atoms with van der Waals surface area (Å²) in [6, 6.07) is 7.62. The number of hydrogen-bond donors (Lipinski definition) is 3. The van der Waals surface area contributed by atoms with Gasteiger partial charge in [0.2, 0.25) is 11.8 Å². The number of fused-ring (bicyclic) bond motifs is 1. The molecule has 4 amide bonds. The number of benzene rings is 2. The molecule has 3 N–H and O–H groups in total. The molecule has 0 bridgehead atoms. The Bertz CT molecular complexity index is 1150. The highest BCUT2D eigenvalue weighted by Crippen LogP contribution is 2.32. The molecular formula is C22H21FN4O4. The third-order valence-electron chi connectivity index (χ3n) is 5.42. The molecule has 1 fully saturated rings. The first-order valence-corrected chi connectivity index (χ1v) is 9.77. The van der Waals surface area contributed by atoms with Crippen molar-refractivity contribution in [2.75, 3.05) is 12.4 Å². The highest BCUT2D eigenvalue weighted by molar-refractivity contribution is 6.06. The van der Waals surface area contributed by atoms with Gasteiger partial charge in [0.1, 0.15) is 11.8 Å². The number of carbonyl (C=O) groups excluding carboxylic acids is 4. The molecule has 0 aliphatic carbocycles. The minimum Gasteiger partial charge on any atom is -0.381 e. The molecule has 9 heteroatoms. The summed E-state index contributed by atoms with van der Waals surface area (Å²) in [5, 5.41) is 7.62. The minimum absolute atomic E-state index is 0.00319. The lowest BCUT2D eigenvalue weighted by Crippen LogP contribution is -2.52. The third-order valence-corrected chi connectivity index (χ3v) is 5.42. The quantitative estimate of drug-likeness (QED) is 0.631. The zero-order valence-electron chi connectivity index (χ0n) is 17.8. The summed E-state index contributed by atoms with van der Waals surface area (Å²) >= 11 is 0. The molecule has 1 saturated heterocycles. The van der Waals surface area contributed by atoms with Crippen LogP contribution in [-0.4, -0.2) is 41.6 Å². The van der Waals surface area contributed by atoms with Crippen LogP contribution in [0.3, 0.4) is 0 Å². The summed E-state index contributed by atoms with van der Waals surface area (Å²) < 4.78 is 23.3. The molecular weight excluding hydrogens is 403 g/mol. The number of nitrogens with one attached hydrogen (secondary N) is 3. The predicted molar refractivity (Wildman–Crippen MR) is 110 cm³/mol. The molecule has 0 radical (unpaired) electrons. The van der Waals surface area contributed by atoms with Crippen LogP contribution in [0.4, 0.5) is 10.1 Å². The van der Waals surface area contributed by atoms with Gasteiger partial charge in [-0.15, -0.1) is 0 Å². The Balaban J connectivity index is 1.58. The lowest BCUT2D eigenvalue weighted by Gasteiger charge is -2.29. The van der Waals surface area contributed by atoms with Gasteiger partial charge in [0.25, 0.3) is 11.8 Å². The van der Waals surface area contributed by atoms with Gasteiger partial charge in [0.15, 0.2) is 0 Å². The molecule has 8 nitrogen and oxygen atoms in total. The van der Waals surface area contributed by atoms with E-state index in [1.807, 2.05) is 0 Å². The van der Waals surface area contributed by atoms with Gasteiger partial charge in [-0.1, -0.05) is 18.2 Å². The molecule has 0 saturated carbocycles. The molecule has 1 unspecified atom stereocenters. The highest BCUT2D eigenvalue weighted by atomic mass is 19.1. The van der Waals surface area contributed by atoms with Crippen molar-refractivity contribution >= 4 is 29.3 Å². The molecule has 0 spiro atoms. The van der Waals surface area contributed by atoms with Crippen LogP contribution in [0.5, 0.6) is 0 Å². The fourth-order valence-electron chi connectivity index (χ4n) is 3.80. The number of piperidine rings is 1. The second kappa shape index (κ2) is 8.17. The van der Waals surface area contributed by atoms with Gasteiger partial charge in [-0.2, -0.15) is 0 Å². The number of amides is 4. The van der Waals surface area contributed by atoms with Crippen LogP contribution in [0.2, 0.25) is 0 Å². The van der Waals surface area contributed by atoms with Crippen molar-refractivity contribution in [2.24, 2.45) is 0 Å². The van der Waals surface area contributed by atoms with Crippen LogP contribution >= 0.6 is 0 Å². The van der Waals surface area contributed by atoms with Gasteiger partial charge in [-0.25, -0.2) is 4.39 Å². The molecule has 2 aromatic rings. The van der Waals surface area contributed by atoms with Gasteiger partial charge < -0.3 is 15.5 Å². The van der Waals surface area contributed by atoms with Gasteiger partial charge in [-0.05, 0) is 24.6 Å². The first-order valence-electron chi connectivity index (χ1n) is 10.3. The Morgan fingerprint density at radius 1 is 1.26 bits per heavy atom. The van der Waals surface area contributed by atoms with Crippen LogP contribution in [0.15, 0.2) is 36.4 Å². The first-order chi connectivity index (χ1) is 15.3. The zero-order valence-corrected chi connectivity index (χ0v) is 16.8. The van der Waals surface area contributed by atoms with Crippen molar-refractivity contribution in [1.82, 2.24) is 15.5 Å². The molecule has 0 aromatic heterocycles. The van der Waals surface area contributed by atoms with Crippen LogP contribution in [-0.2, 0) is 22.7 Å². The number of halogens is 1. The molecule has 160 valence electrons. The monoisotopic (exact) mass is 425 g/mol. The Kier molecular flexibility index (Phi) is 5.07. The summed E-state index contributed by atoms with van der Waals surface area (Å²) in [5.74, 6) is -2.94. The average molecular weight is 425 g/mol. The number of hydrogen-bond acceptors (Lipinski definition) is 5. The van der Waals surface area contributed by atoms with Crippen molar-refractivity contribution in [3.05, 3.63) is 64.5 Å². The fourth-order valence-corrected chi connectivity index (χ4v) is 3.80. The van der Waals surface area contributed by atoms with E-state index in [-0.39, 0.29) is 37.1 Å². The van der Waals surface area contributed by atoms with Crippen molar-refractivity contribution in [2.45, 2.75) is 31.9 Å². The number of rotatable bonds is 5. The fraction of sp³-hybridized carbons (Fsp3) is 0.273. The molecule has 2 aromatic carbocycles. The third kappa shape index (κ3) is 3.74. The summed E-state index contributed by atoms with van der Waals surface area (Å²) in [5.41, 5.74) is 1.68. The Hall–Kier alpha value is -3.75. The Labute approximate surface area is 179 Å². The largest absolute Gasteiger partial charge is 0.381 e. The molecule has 31 heavy (non-hydrogen) atoms. The summed E-state index contributed by atoms with van der Waals surface area (Å²) in [7, 11) is 1.42. The summed E-state index contributed by atoms with van der Waals surface area (Å²) in [6.07, 6.45) is -0.112. The SMILES string of the molecule is [2H]C1(N2Cc3c(NCc4cccc(C(=O)NC)c4F)cccc3C2=O)CCC(=O)NC1=O. The van der Waals surface area contributed by atoms with E-state index in [9.17, 15) is 23.6 Å². The highest BCUT2D eigenvalue weighted by Gasteiger charge is 2.39. The van der Waals surface area contributed by atoms with E-state index in [0.717, 1.165) is 4.90 Å². The van der Waals surface area contributed by atoms with Crippen LogP contribution < -0.4 is 16.0 Å². The molecule has 4 rings (SSSR count). The number of nitrogens with zero attached hydrogens (tertiary/aromatic N) is 1. The Morgan fingerprint density at radius 3 is 2.77 bits per heavy atom. The lowest BCUT2D eigenvalue weighted by atomic mass is 10.0. The van der Waals surface area contributed by atoms with Crippen LogP contribution in [0, 0.1) is 5.82 Å². The summed E-state index contributed by atoms with van der Waals surface area (Å²) in [4.78, 5) is 49.8. The number of imide groups is 1. The van der Waals surface area contributed by atoms with Gasteiger partial charge in [0.05, 0.1) is 6.93 Å². The van der Waals surface area contributed by atoms with Gasteiger partial charge in [0, 0.05) is 48.9 Å². The van der Waals surface area contributed by atoms with E-state index < -0.39 is 35.5 Å². The first kappa shape index (κ1) is 19.2. The molecule has 2 aliphatic heterocycles. The van der Waals surface area contributed by atoms with Crippen LogP contribution in [0.1, 0.15) is 46.1 Å². The topological polar surface area (TPSA) is 108 Å². The number of anilines is 1. The maximum atomic E-state index is 14.7. The maximum Gasteiger partial charge on any atom is 0.255 e. The normalized spacial score (nSPS) is 20.8. The van der Waals surface area contributed by atoms with Gasteiger partial charge in [-0.3, -0.25) is 24.5 Å². The molecule has 2 aliphatic rings. The summed E-state index contributed by atoms with van der Waals surface area (Å²) in [6.45, 7) is 0.0610. The van der Waals surface area contributed by atoms with Crippen LogP contribution in [0.25, 0.3) is 0 Å². The standard InChI is InChI=1S/C22H21FN4O4/c1-24-20(29)14-6-2-4-12(19(14)23)10-25-16-7-3-5-13-15(16)11-27(22(13)31)17-8-9-18(28)26-21(17)30/h2-7,17,25H,8-11H2,1H3,(H,24,29)(H,26,28,30)/i17D. The Morgan fingerprint density at radius 2 is 2.03 bits per heavy atom. The second-order valence-corrected chi connectivity index (χ2v) is 7.26. The minimum atomic E-state index is -1.88. The molecule has 2 heterocycles. The van der Waals surface area contributed by atoms with E-state index >= 15 is 0 Å².